The molecule has 0 spiro atoms. The molecule has 1 saturated heterocycles. The average Bonchev–Trinajstić information content (AvgIpc) is 2.97. The number of aromatic nitrogens is 3. The highest BCUT2D eigenvalue weighted by Crippen LogP contribution is 2.42. The van der Waals surface area contributed by atoms with Crippen LogP contribution in [0.4, 0.5) is 20.4 Å². The fraction of sp³-hybridized carbons (Fsp3) is 0.444. The zero-order chi connectivity index (χ0) is 22.3. The van der Waals surface area contributed by atoms with Gasteiger partial charge in [0.1, 0.15) is 18.5 Å². The summed E-state index contributed by atoms with van der Waals surface area (Å²) in [6, 6.07) is 2.63. The van der Waals surface area contributed by atoms with Crippen molar-refractivity contribution in [1.82, 2.24) is 14.5 Å². The summed E-state index contributed by atoms with van der Waals surface area (Å²) in [6.07, 6.45) is -3.69. The van der Waals surface area contributed by atoms with Crippen molar-refractivity contribution in [3.05, 3.63) is 40.6 Å². The number of amides is 1. The van der Waals surface area contributed by atoms with Gasteiger partial charge in [0.2, 0.25) is 6.23 Å². The minimum Gasteiger partial charge on any atom is -0.488 e. The van der Waals surface area contributed by atoms with Crippen molar-refractivity contribution in [1.29, 1.82) is 0 Å². The van der Waals surface area contributed by atoms with Gasteiger partial charge in [0.15, 0.2) is 17.7 Å². The third kappa shape index (κ3) is 3.71. The van der Waals surface area contributed by atoms with Crippen LogP contribution in [-0.4, -0.2) is 75.6 Å². The molecule has 0 bridgehead atoms. The number of rotatable bonds is 4. The standard InChI is InChI=1S/C18H19F2N5O6/c1-24-4-5-30-10-6-9(7-21-14(10)24)15(28)22-12-2-3-25(17(29)23-12)16-18(19,20)13(27)11(8-26)31-16/h2-3,6-7,11,13,16,26-27H,4-5,8H2,1H3,(H,22,23,28,29)/t11-,13-,16?/m1/s1. The topological polar surface area (TPSA) is 139 Å². The average molecular weight is 439 g/mol. The molecule has 11 nitrogen and oxygen atoms in total. The summed E-state index contributed by atoms with van der Waals surface area (Å²) in [5.74, 6) is -3.62. The minimum atomic E-state index is -3.83. The molecule has 2 aliphatic rings. The van der Waals surface area contributed by atoms with Gasteiger partial charge in [0.25, 0.3) is 5.91 Å². The molecule has 0 saturated carbocycles. The second kappa shape index (κ2) is 7.83. The van der Waals surface area contributed by atoms with Crippen LogP contribution in [0.1, 0.15) is 16.6 Å². The highest BCUT2D eigenvalue weighted by molar-refractivity contribution is 6.04. The largest absolute Gasteiger partial charge is 0.488 e. The minimum absolute atomic E-state index is 0.152. The molecular weight excluding hydrogens is 420 g/mol. The SMILES string of the molecule is CN1CCOc2cc(C(=O)Nc3ccn(C4O[C@H](CO)[C@@H](O)C4(F)F)c(=O)n3)cnc21. The first-order valence-electron chi connectivity index (χ1n) is 9.29. The second-order valence-electron chi connectivity index (χ2n) is 7.10. The Hall–Kier alpha value is -3.16. The Bertz CT molecular complexity index is 1060. The van der Waals surface area contributed by atoms with Crippen molar-refractivity contribution in [2.24, 2.45) is 0 Å². The van der Waals surface area contributed by atoms with Gasteiger partial charge in [-0.25, -0.2) is 9.78 Å². The fourth-order valence-corrected chi connectivity index (χ4v) is 3.32. The normalized spacial score (nSPS) is 24.4. The number of carbonyl (C=O) groups is 1. The third-order valence-corrected chi connectivity index (χ3v) is 5.02. The van der Waals surface area contributed by atoms with Crippen LogP contribution in [0, 0.1) is 0 Å². The molecule has 13 heteroatoms. The first-order chi connectivity index (χ1) is 14.7. The molecule has 1 fully saturated rings. The Morgan fingerprint density at radius 1 is 1.45 bits per heavy atom. The van der Waals surface area contributed by atoms with Crippen LogP contribution in [-0.2, 0) is 4.74 Å². The van der Waals surface area contributed by atoms with Crippen LogP contribution in [0.15, 0.2) is 29.3 Å². The van der Waals surface area contributed by atoms with Crippen LogP contribution in [0.25, 0.3) is 0 Å². The Labute approximate surface area is 173 Å². The van der Waals surface area contributed by atoms with E-state index in [4.69, 9.17) is 14.6 Å². The van der Waals surface area contributed by atoms with E-state index in [0.29, 0.717) is 29.3 Å². The van der Waals surface area contributed by atoms with Crippen molar-refractivity contribution in [2.75, 3.05) is 37.0 Å². The highest BCUT2D eigenvalue weighted by Gasteiger charge is 2.59. The summed E-state index contributed by atoms with van der Waals surface area (Å²) < 4.78 is 39.4. The lowest BCUT2D eigenvalue weighted by molar-refractivity contribution is -0.140. The Morgan fingerprint density at radius 3 is 2.90 bits per heavy atom. The van der Waals surface area contributed by atoms with Gasteiger partial charge in [-0.3, -0.25) is 9.36 Å². The number of nitrogens with one attached hydrogen (secondary N) is 1. The van der Waals surface area contributed by atoms with Crippen molar-refractivity contribution in [3.63, 3.8) is 0 Å². The van der Waals surface area contributed by atoms with E-state index in [2.05, 4.69) is 15.3 Å². The number of alkyl halides is 2. The van der Waals surface area contributed by atoms with Gasteiger partial charge in [0, 0.05) is 19.4 Å². The number of hydrogen-bond acceptors (Lipinski definition) is 9. The molecule has 3 N–H and O–H groups in total. The van der Waals surface area contributed by atoms with E-state index >= 15 is 0 Å². The van der Waals surface area contributed by atoms with E-state index in [1.54, 1.807) is 0 Å². The van der Waals surface area contributed by atoms with Gasteiger partial charge < -0.3 is 29.9 Å². The molecule has 0 aliphatic carbocycles. The summed E-state index contributed by atoms with van der Waals surface area (Å²) in [4.78, 5) is 34.4. The third-order valence-electron chi connectivity index (χ3n) is 5.02. The number of anilines is 2. The number of fused-ring (bicyclic) bond motifs is 1. The molecular formula is C18H19F2N5O6. The first-order valence-corrected chi connectivity index (χ1v) is 9.29. The lowest BCUT2D eigenvalue weighted by Gasteiger charge is -2.26. The molecule has 2 aliphatic heterocycles. The van der Waals surface area contributed by atoms with Gasteiger partial charge in [-0.15, -0.1) is 0 Å². The maximum absolute atomic E-state index is 14.2. The molecule has 31 heavy (non-hydrogen) atoms. The second-order valence-corrected chi connectivity index (χ2v) is 7.10. The number of likely N-dealkylation sites (N-methyl/N-ethyl adjacent to an activating group) is 1. The molecule has 1 amide bonds. The summed E-state index contributed by atoms with van der Waals surface area (Å²) in [5, 5.41) is 21.0. The van der Waals surface area contributed by atoms with Crippen molar-refractivity contribution < 1.29 is 33.3 Å². The molecule has 3 atom stereocenters. The van der Waals surface area contributed by atoms with Gasteiger partial charge >= 0.3 is 11.6 Å². The number of carbonyl (C=O) groups excluding carboxylic acids is 1. The molecule has 166 valence electrons. The number of halogens is 2. The van der Waals surface area contributed by atoms with E-state index in [9.17, 15) is 23.5 Å². The smallest absolute Gasteiger partial charge is 0.351 e. The number of pyridine rings is 1. The van der Waals surface area contributed by atoms with Crippen LogP contribution >= 0.6 is 0 Å². The fourth-order valence-electron chi connectivity index (χ4n) is 3.32. The Kier molecular flexibility index (Phi) is 5.33. The molecule has 0 aromatic carbocycles. The van der Waals surface area contributed by atoms with Gasteiger partial charge in [-0.05, 0) is 12.1 Å². The van der Waals surface area contributed by atoms with Crippen LogP contribution in [0.5, 0.6) is 5.75 Å². The van der Waals surface area contributed by atoms with Crippen LogP contribution in [0.3, 0.4) is 0 Å². The van der Waals surface area contributed by atoms with E-state index in [1.165, 1.54) is 12.3 Å². The Morgan fingerprint density at radius 2 is 2.23 bits per heavy atom. The molecule has 4 rings (SSSR count). The molecule has 1 unspecified atom stereocenters. The van der Waals surface area contributed by atoms with Crippen molar-refractivity contribution in [3.8, 4) is 5.75 Å². The summed E-state index contributed by atoms with van der Waals surface area (Å²) in [6.45, 7) is 0.249. The quantitative estimate of drug-likeness (QED) is 0.581. The van der Waals surface area contributed by atoms with Gasteiger partial charge in [0.05, 0.1) is 18.7 Å². The summed E-state index contributed by atoms with van der Waals surface area (Å²) >= 11 is 0. The van der Waals surface area contributed by atoms with E-state index in [0.717, 1.165) is 12.3 Å². The van der Waals surface area contributed by atoms with Gasteiger partial charge in [-0.2, -0.15) is 13.8 Å². The molecule has 2 aromatic rings. The molecule has 4 heterocycles. The number of nitrogens with zero attached hydrogens (tertiary/aromatic N) is 4. The summed E-state index contributed by atoms with van der Waals surface area (Å²) in [7, 11) is 1.84. The highest BCUT2D eigenvalue weighted by atomic mass is 19.3. The maximum atomic E-state index is 14.2. The first kappa shape index (κ1) is 21.1. The Balaban J connectivity index is 1.53. The lowest BCUT2D eigenvalue weighted by Crippen LogP contribution is -2.41. The number of hydrogen-bond donors (Lipinski definition) is 3. The summed E-state index contributed by atoms with van der Waals surface area (Å²) in [5.41, 5.74) is -0.985. The lowest BCUT2D eigenvalue weighted by atomic mass is 10.1. The monoisotopic (exact) mass is 439 g/mol. The van der Waals surface area contributed by atoms with E-state index < -0.39 is 42.6 Å². The van der Waals surface area contributed by atoms with Crippen molar-refractivity contribution >= 4 is 17.5 Å². The number of ether oxygens (including phenoxy) is 2. The zero-order valence-electron chi connectivity index (χ0n) is 16.2. The van der Waals surface area contributed by atoms with Crippen LogP contribution < -0.4 is 20.6 Å². The molecule has 0 radical (unpaired) electrons. The maximum Gasteiger partial charge on any atom is 0.351 e. The molecule has 2 aromatic heterocycles. The van der Waals surface area contributed by atoms with Gasteiger partial charge in [-0.1, -0.05) is 0 Å². The zero-order valence-corrected chi connectivity index (χ0v) is 16.2. The van der Waals surface area contributed by atoms with E-state index in [1.807, 2.05) is 11.9 Å². The predicted molar refractivity (Wildman–Crippen MR) is 101 cm³/mol. The number of aliphatic hydroxyl groups excluding tert-OH is 2. The van der Waals surface area contributed by atoms with Crippen molar-refractivity contribution in [2.45, 2.75) is 24.4 Å². The predicted octanol–water partition coefficient (Wildman–Crippen LogP) is -0.395. The number of aliphatic hydroxyl groups is 2. The van der Waals surface area contributed by atoms with E-state index in [-0.39, 0.29) is 11.4 Å². The van der Waals surface area contributed by atoms with Crippen LogP contribution in [0.2, 0.25) is 0 Å².